The first kappa shape index (κ1) is 14.5. The van der Waals surface area contributed by atoms with E-state index in [4.69, 9.17) is 5.11 Å². The molecular weight excluding hydrogens is 272 g/mol. The van der Waals surface area contributed by atoms with E-state index in [0.717, 1.165) is 5.56 Å². The summed E-state index contributed by atoms with van der Waals surface area (Å²) in [6.07, 6.45) is 2.64. The summed E-state index contributed by atoms with van der Waals surface area (Å²) in [5, 5.41) is 18.4. The molecule has 0 radical (unpaired) electrons. The molecular formula is C15H14N2O4. The van der Waals surface area contributed by atoms with E-state index in [1.54, 1.807) is 19.2 Å². The van der Waals surface area contributed by atoms with Crippen LogP contribution in [-0.4, -0.2) is 39.0 Å². The first-order valence-electron chi connectivity index (χ1n) is 6.19. The Morgan fingerprint density at radius 3 is 2.43 bits per heavy atom. The van der Waals surface area contributed by atoms with E-state index in [2.05, 4.69) is 4.98 Å². The molecule has 21 heavy (non-hydrogen) atoms. The number of carboxylic acids is 1. The van der Waals surface area contributed by atoms with Gasteiger partial charge in [0.25, 0.3) is 5.91 Å². The summed E-state index contributed by atoms with van der Waals surface area (Å²) in [5.41, 5.74) is 1.17. The van der Waals surface area contributed by atoms with E-state index < -0.39 is 5.97 Å². The molecule has 0 aliphatic carbocycles. The molecule has 0 fully saturated rings. The third kappa shape index (κ3) is 3.36. The quantitative estimate of drug-likeness (QED) is 0.893. The number of aromatic nitrogens is 1. The second-order valence-electron chi connectivity index (χ2n) is 4.56. The number of amides is 1. The number of rotatable bonds is 4. The Kier molecular flexibility index (Phi) is 4.18. The van der Waals surface area contributed by atoms with Gasteiger partial charge >= 0.3 is 5.97 Å². The van der Waals surface area contributed by atoms with Gasteiger partial charge in [0, 0.05) is 19.8 Å². The summed E-state index contributed by atoms with van der Waals surface area (Å²) in [6.45, 7) is 0.306. The largest absolute Gasteiger partial charge is 0.505 e. The number of hydrogen-bond acceptors (Lipinski definition) is 4. The molecule has 0 atom stereocenters. The number of aromatic carboxylic acids is 1. The smallest absolute Gasteiger partial charge is 0.335 e. The van der Waals surface area contributed by atoms with Gasteiger partial charge in [0.1, 0.15) is 5.75 Å². The lowest BCUT2D eigenvalue weighted by molar-refractivity contribution is 0.0695. The SMILES string of the molecule is CN(Cc1ccc(C(=O)O)cc1)C(=O)c1ccncc1O. The first-order valence-corrected chi connectivity index (χ1v) is 6.19. The Bertz CT molecular complexity index is 668. The second-order valence-corrected chi connectivity index (χ2v) is 4.56. The van der Waals surface area contributed by atoms with Crippen LogP contribution in [0.3, 0.4) is 0 Å². The van der Waals surface area contributed by atoms with Crippen molar-refractivity contribution in [3.05, 3.63) is 59.4 Å². The van der Waals surface area contributed by atoms with Crippen LogP contribution in [-0.2, 0) is 6.54 Å². The maximum atomic E-state index is 12.2. The van der Waals surface area contributed by atoms with Crippen molar-refractivity contribution in [2.75, 3.05) is 7.05 Å². The topological polar surface area (TPSA) is 90.7 Å². The summed E-state index contributed by atoms with van der Waals surface area (Å²) in [4.78, 5) is 28.1. The van der Waals surface area contributed by atoms with Crippen molar-refractivity contribution in [3.8, 4) is 5.75 Å². The predicted molar refractivity (Wildman–Crippen MR) is 75.1 cm³/mol. The molecule has 1 aromatic carbocycles. The van der Waals surface area contributed by atoms with Gasteiger partial charge in [-0.1, -0.05) is 12.1 Å². The van der Waals surface area contributed by atoms with Crippen LogP contribution in [0.2, 0.25) is 0 Å². The van der Waals surface area contributed by atoms with Crippen LogP contribution < -0.4 is 0 Å². The summed E-state index contributed by atoms with van der Waals surface area (Å²) in [6, 6.07) is 7.72. The lowest BCUT2D eigenvalue weighted by Crippen LogP contribution is -2.26. The first-order chi connectivity index (χ1) is 9.99. The van der Waals surface area contributed by atoms with Crippen LogP contribution in [0.5, 0.6) is 5.75 Å². The molecule has 0 unspecified atom stereocenters. The third-order valence-electron chi connectivity index (χ3n) is 3.00. The predicted octanol–water partition coefficient (Wildman–Crippen LogP) is 1.76. The lowest BCUT2D eigenvalue weighted by Gasteiger charge is -2.17. The minimum Gasteiger partial charge on any atom is -0.505 e. The number of carbonyl (C=O) groups excluding carboxylic acids is 1. The lowest BCUT2D eigenvalue weighted by atomic mass is 10.1. The van der Waals surface area contributed by atoms with Crippen molar-refractivity contribution in [2.24, 2.45) is 0 Å². The average molecular weight is 286 g/mol. The average Bonchev–Trinajstić information content (AvgIpc) is 2.47. The number of nitrogens with zero attached hydrogens (tertiary/aromatic N) is 2. The molecule has 108 valence electrons. The fourth-order valence-electron chi connectivity index (χ4n) is 1.87. The maximum Gasteiger partial charge on any atom is 0.335 e. The molecule has 0 aliphatic heterocycles. The molecule has 2 aromatic rings. The highest BCUT2D eigenvalue weighted by molar-refractivity contribution is 5.96. The van der Waals surface area contributed by atoms with Gasteiger partial charge in [0.2, 0.25) is 0 Å². The van der Waals surface area contributed by atoms with Crippen LogP contribution in [0.25, 0.3) is 0 Å². The van der Waals surface area contributed by atoms with Crippen LogP contribution in [0, 0.1) is 0 Å². The Hall–Kier alpha value is -2.89. The molecule has 0 saturated carbocycles. The molecule has 0 spiro atoms. The van der Waals surface area contributed by atoms with E-state index in [9.17, 15) is 14.7 Å². The molecule has 0 aliphatic rings. The van der Waals surface area contributed by atoms with Crippen LogP contribution in [0.1, 0.15) is 26.3 Å². The normalized spacial score (nSPS) is 10.1. The molecule has 0 bridgehead atoms. The standard InChI is InChI=1S/C15H14N2O4/c1-17(14(19)12-6-7-16-8-13(12)18)9-10-2-4-11(5-3-10)15(20)21/h2-8,18H,9H2,1H3,(H,20,21). The fraction of sp³-hybridized carbons (Fsp3) is 0.133. The molecule has 6 heteroatoms. The number of aromatic hydroxyl groups is 1. The molecule has 2 N–H and O–H groups in total. The van der Waals surface area contributed by atoms with Crippen molar-refractivity contribution in [3.63, 3.8) is 0 Å². The van der Waals surface area contributed by atoms with E-state index in [0.29, 0.717) is 6.54 Å². The van der Waals surface area contributed by atoms with Crippen molar-refractivity contribution < 1.29 is 19.8 Å². The van der Waals surface area contributed by atoms with Crippen LogP contribution >= 0.6 is 0 Å². The number of carboxylic acid groups (broad SMARTS) is 1. The Morgan fingerprint density at radius 1 is 1.19 bits per heavy atom. The van der Waals surface area contributed by atoms with Crippen molar-refractivity contribution >= 4 is 11.9 Å². The summed E-state index contributed by atoms with van der Waals surface area (Å²) in [5.74, 6) is -1.50. The van der Waals surface area contributed by atoms with Gasteiger partial charge in [-0.05, 0) is 23.8 Å². The maximum absolute atomic E-state index is 12.2. The highest BCUT2D eigenvalue weighted by Crippen LogP contribution is 2.17. The third-order valence-corrected chi connectivity index (χ3v) is 3.00. The highest BCUT2D eigenvalue weighted by atomic mass is 16.4. The fourth-order valence-corrected chi connectivity index (χ4v) is 1.87. The Morgan fingerprint density at radius 2 is 1.86 bits per heavy atom. The number of benzene rings is 1. The van der Waals surface area contributed by atoms with E-state index in [1.165, 1.54) is 35.5 Å². The zero-order chi connectivity index (χ0) is 15.4. The molecule has 2 rings (SSSR count). The van der Waals surface area contributed by atoms with Crippen molar-refractivity contribution in [1.29, 1.82) is 0 Å². The van der Waals surface area contributed by atoms with Crippen LogP contribution in [0.15, 0.2) is 42.7 Å². The summed E-state index contributed by atoms with van der Waals surface area (Å²) in [7, 11) is 1.60. The van der Waals surface area contributed by atoms with Gasteiger partial charge in [-0.25, -0.2) is 4.79 Å². The summed E-state index contributed by atoms with van der Waals surface area (Å²) >= 11 is 0. The monoisotopic (exact) mass is 286 g/mol. The zero-order valence-corrected chi connectivity index (χ0v) is 11.4. The molecule has 1 heterocycles. The number of pyridine rings is 1. The minimum atomic E-state index is -0.993. The van der Waals surface area contributed by atoms with Gasteiger partial charge < -0.3 is 15.1 Å². The zero-order valence-electron chi connectivity index (χ0n) is 11.4. The molecule has 1 aromatic heterocycles. The van der Waals surface area contributed by atoms with Crippen molar-refractivity contribution in [1.82, 2.24) is 9.88 Å². The number of carbonyl (C=O) groups is 2. The van der Waals surface area contributed by atoms with Gasteiger partial charge in [0.05, 0.1) is 17.3 Å². The van der Waals surface area contributed by atoms with Gasteiger partial charge in [-0.15, -0.1) is 0 Å². The summed E-state index contributed by atoms with van der Waals surface area (Å²) < 4.78 is 0. The van der Waals surface area contributed by atoms with Gasteiger partial charge in [0.15, 0.2) is 0 Å². The van der Waals surface area contributed by atoms with Gasteiger partial charge in [-0.2, -0.15) is 0 Å². The second kappa shape index (κ2) is 6.04. The Labute approximate surface area is 121 Å². The molecule has 0 saturated heterocycles. The van der Waals surface area contributed by atoms with Gasteiger partial charge in [-0.3, -0.25) is 9.78 Å². The minimum absolute atomic E-state index is 0.171. The number of hydrogen-bond donors (Lipinski definition) is 2. The van der Waals surface area contributed by atoms with Crippen LogP contribution in [0.4, 0.5) is 0 Å². The highest BCUT2D eigenvalue weighted by Gasteiger charge is 2.15. The van der Waals surface area contributed by atoms with E-state index in [-0.39, 0.29) is 22.8 Å². The Balaban J connectivity index is 2.10. The molecule has 1 amide bonds. The molecule has 6 nitrogen and oxygen atoms in total. The van der Waals surface area contributed by atoms with Crippen molar-refractivity contribution in [2.45, 2.75) is 6.54 Å². The van der Waals surface area contributed by atoms with E-state index in [1.807, 2.05) is 0 Å². The van der Waals surface area contributed by atoms with E-state index >= 15 is 0 Å².